The number of furan rings is 1. The minimum atomic E-state index is -4.91. The second kappa shape index (κ2) is 10.7. The molecule has 12 N–H and O–H groups in total. The number of amides is 1. The number of aromatic nitrogens is 4. The van der Waals surface area contributed by atoms with Crippen LogP contribution in [-0.4, -0.2) is 86.9 Å². The average Bonchev–Trinajstić information content (AvgIpc) is 3.72. The van der Waals surface area contributed by atoms with E-state index in [1.165, 1.54) is 9.47 Å². The van der Waals surface area contributed by atoms with Crippen LogP contribution < -0.4 is 36.7 Å². The van der Waals surface area contributed by atoms with Crippen molar-refractivity contribution >= 4 is 62.0 Å². The topological polar surface area (TPSA) is 317 Å². The summed E-state index contributed by atoms with van der Waals surface area (Å²) in [5.74, 6) is -3.28. The highest BCUT2D eigenvalue weighted by Crippen LogP contribution is 2.63. The lowest BCUT2D eigenvalue weighted by atomic mass is 10.2. The van der Waals surface area contributed by atoms with Crippen LogP contribution in [0.3, 0.4) is 0 Å². The van der Waals surface area contributed by atoms with Gasteiger partial charge in [-0.3, -0.25) is 38.8 Å². The van der Waals surface area contributed by atoms with Gasteiger partial charge in [0.15, 0.2) is 35.9 Å². The molecule has 4 aliphatic heterocycles. The molecule has 3 aromatic rings. The zero-order chi connectivity index (χ0) is 31.8. The number of aliphatic hydroxyl groups is 1. The fourth-order valence-corrected chi connectivity index (χ4v) is 7.53. The summed E-state index contributed by atoms with van der Waals surface area (Å²) in [7, 11) is -9.81. The fraction of sp³-hybridized carbons (Fsp3) is 0.300. The van der Waals surface area contributed by atoms with Gasteiger partial charge < -0.3 is 30.6 Å². The fourth-order valence-electron chi connectivity index (χ4n) is 4.87. The van der Waals surface area contributed by atoms with Crippen LogP contribution >= 0.6 is 28.1 Å². The molecule has 3 atom stereocenters. The number of rotatable bonds is 2. The van der Waals surface area contributed by atoms with Crippen molar-refractivity contribution in [1.82, 2.24) is 35.5 Å². The predicted octanol–water partition coefficient (Wildman–Crippen LogP) is -2.22. The lowest BCUT2D eigenvalue weighted by Crippen LogP contribution is -2.62. The quantitative estimate of drug-likeness (QED) is 0.127. The molecule has 2 bridgehead atoms. The number of anilines is 2. The summed E-state index contributed by atoms with van der Waals surface area (Å²) < 4.78 is 27.8. The second-order valence-electron chi connectivity index (χ2n) is 9.66. The Morgan fingerprint density at radius 1 is 1.13 bits per heavy atom. The number of H-pyrrole nitrogens is 1. The van der Waals surface area contributed by atoms with Crippen molar-refractivity contribution in [2.45, 2.75) is 24.9 Å². The summed E-state index contributed by atoms with van der Waals surface area (Å²) in [6, 6.07) is -0.733. The van der Waals surface area contributed by atoms with Crippen LogP contribution in [0.5, 0.6) is 11.5 Å². The molecular formula is C20H23N9O13P2S+2. The number of nitrogens with two attached hydrogens (primary N) is 1. The van der Waals surface area contributed by atoms with Crippen LogP contribution in [-0.2, 0) is 25.0 Å². The summed E-state index contributed by atoms with van der Waals surface area (Å²) in [5, 5.41) is 30.5. The number of nitrogens with one attached hydrogen (secondary N) is 4. The Morgan fingerprint density at radius 3 is 2.73 bits per heavy atom. The molecule has 25 heteroatoms. The van der Waals surface area contributed by atoms with Gasteiger partial charge in [-0.2, -0.15) is 24.6 Å². The number of fused-ring (bicyclic) bond motifs is 5. The maximum atomic E-state index is 12.3. The number of imidazole rings is 1. The largest absolute Gasteiger partial charge is 0.663 e. The van der Waals surface area contributed by atoms with E-state index >= 15 is 0 Å². The van der Waals surface area contributed by atoms with E-state index in [4.69, 9.17) is 28.2 Å². The molecule has 0 saturated carbocycles. The van der Waals surface area contributed by atoms with Crippen molar-refractivity contribution in [2.75, 3.05) is 24.0 Å². The zero-order valence-electron chi connectivity index (χ0n) is 22.2. The number of nitrogens with zero attached hydrogens (tertiary/aromatic N) is 4. The Balaban J connectivity index is 1.27. The van der Waals surface area contributed by atoms with Gasteiger partial charge in [-0.05, 0) is 0 Å². The van der Waals surface area contributed by atoms with Crippen LogP contribution in [0.4, 0.5) is 11.8 Å². The smallest absolute Gasteiger partial charge is 0.500 e. The third kappa shape index (κ3) is 5.22. The molecule has 0 spiro atoms. The van der Waals surface area contributed by atoms with E-state index in [2.05, 4.69) is 30.9 Å². The van der Waals surface area contributed by atoms with Crippen LogP contribution in [0.2, 0.25) is 0 Å². The van der Waals surface area contributed by atoms with Crippen molar-refractivity contribution < 1.29 is 57.1 Å². The summed E-state index contributed by atoms with van der Waals surface area (Å²) in [5.41, 5.74) is 4.77. The van der Waals surface area contributed by atoms with Crippen LogP contribution in [0.25, 0.3) is 16.2 Å². The molecule has 240 valence electrons. The molecule has 7 heterocycles. The number of carbonyl (C=O) groups excluding carboxylic acids is 1. The molecule has 0 radical (unpaired) electrons. The highest BCUT2D eigenvalue weighted by atomic mass is 32.2. The first-order valence-corrected chi connectivity index (χ1v) is 16.5. The van der Waals surface area contributed by atoms with E-state index < -0.39 is 69.8 Å². The highest BCUT2D eigenvalue weighted by Gasteiger charge is 2.53. The summed E-state index contributed by atoms with van der Waals surface area (Å²) in [4.78, 5) is 78.9. The monoisotopic (exact) mass is 691 g/mol. The van der Waals surface area contributed by atoms with E-state index in [1.54, 1.807) is 0 Å². The van der Waals surface area contributed by atoms with Crippen LogP contribution in [0.1, 0.15) is 5.76 Å². The predicted molar refractivity (Wildman–Crippen MR) is 152 cm³/mol. The maximum Gasteiger partial charge on any atom is 0.663 e. The summed E-state index contributed by atoms with van der Waals surface area (Å²) >= 11 is 0.689. The second-order valence-corrected chi connectivity index (χ2v) is 13.5. The normalized spacial score (nSPS) is 27.1. The maximum absolute atomic E-state index is 12.3. The van der Waals surface area contributed by atoms with Gasteiger partial charge >= 0.3 is 16.3 Å². The SMILES string of the molecule is Nc1nc2c(ncn2C2=C3O[P+](O)(O)OCc4oc(N5CN[C@H]6C(=O)NCNC65)c(O)c4O[P+](O)(O)O/C=C(/S2)[C@H]3O)c(=O)[nH]1. The molecule has 0 aromatic carbocycles. The van der Waals surface area contributed by atoms with Crippen molar-refractivity contribution in [3.8, 4) is 11.5 Å². The Kier molecular flexibility index (Phi) is 7.11. The first kappa shape index (κ1) is 30.0. The molecule has 2 fully saturated rings. The number of aromatic hydroxyl groups is 1. The summed E-state index contributed by atoms with van der Waals surface area (Å²) in [6.45, 7) is -0.779. The molecule has 4 aliphatic rings. The zero-order valence-corrected chi connectivity index (χ0v) is 24.8. The van der Waals surface area contributed by atoms with Gasteiger partial charge in [0.1, 0.15) is 23.6 Å². The Labute approximate surface area is 254 Å². The lowest BCUT2D eigenvalue weighted by molar-refractivity contribution is -0.124. The minimum absolute atomic E-state index is 0.000897. The van der Waals surface area contributed by atoms with Crippen molar-refractivity contribution in [2.24, 2.45) is 0 Å². The highest BCUT2D eigenvalue weighted by molar-refractivity contribution is 8.11. The number of hydrogen-bond acceptors (Lipinski definition) is 20. The third-order valence-corrected chi connectivity index (χ3v) is 9.67. The molecule has 1 amide bonds. The molecule has 1 unspecified atom stereocenters. The van der Waals surface area contributed by atoms with Crippen molar-refractivity contribution in [3.63, 3.8) is 0 Å². The van der Waals surface area contributed by atoms with E-state index in [9.17, 15) is 39.4 Å². The van der Waals surface area contributed by atoms with Crippen LogP contribution in [0, 0.1) is 0 Å². The van der Waals surface area contributed by atoms with E-state index in [0.29, 0.717) is 11.8 Å². The first-order chi connectivity index (χ1) is 21.3. The van der Waals surface area contributed by atoms with Gasteiger partial charge in [0.05, 0.1) is 18.2 Å². The number of aromatic amines is 1. The minimum Gasteiger partial charge on any atom is -0.500 e. The lowest BCUT2D eigenvalue weighted by Gasteiger charge is -2.31. The van der Waals surface area contributed by atoms with Crippen molar-refractivity contribution in [1.29, 1.82) is 0 Å². The van der Waals surface area contributed by atoms with Gasteiger partial charge in [0, 0.05) is 0 Å². The third-order valence-electron chi connectivity index (χ3n) is 6.83. The number of aliphatic hydroxyl groups excluding tert-OH is 1. The Hall–Kier alpha value is -3.73. The average molecular weight is 691 g/mol. The standard InChI is InChI=1S/C20H21N9O13P2S/c21-20-26-15-9(17(33)27-20)25-5-29(15)19-13-10(30)7(45-19)2-39-44(36,37)41-12-6(1-38-43(34,35)42-13)40-18(11(12)31)28-4-24-8-14(28)22-3-23-16(8)32/h2,5,8,10,14,22,24,30,34-37H,1,3-4H2,(H3-2,21,23,26,27,31,32,33)/p+2/b7-2+/t8-,10-,14?/m1/s1. The molecule has 45 heavy (non-hydrogen) atoms. The molecular weight excluding hydrogens is 668 g/mol. The Morgan fingerprint density at radius 2 is 1.93 bits per heavy atom. The van der Waals surface area contributed by atoms with Crippen LogP contribution in [0.15, 0.2) is 32.5 Å². The number of hydrogen-bond donors (Lipinski definition) is 11. The van der Waals surface area contributed by atoms with Gasteiger partial charge in [-0.25, -0.2) is 9.51 Å². The van der Waals surface area contributed by atoms with Gasteiger partial charge in [0.2, 0.25) is 29.2 Å². The van der Waals surface area contributed by atoms with Gasteiger partial charge in [-0.1, -0.05) is 11.8 Å². The van der Waals surface area contributed by atoms with E-state index in [1.807, 2.05) is 0 Å². The molecule has 0 aliphatic carbocycles. The summed E-state index contributed by atoms with van der Waals surface area (Å²) in [6.07, 6.45) is -0.639. The molecule has 3 aromatic heterocycles. The van der Waals surface area contributed by atoms with Crippen molar-refractivity contribution in [3.05, 3.63) is 39.4 Å². The first-order valence-electron chi connectivity index (χ1n) is 12.6. The van der Waals surface area contributed by atoms with E-state index in [0.717, 1.165) is 12.6 Å². The van der Waals surface area contributed by atoms with E-state index in [-0.39, 0.29) is 52.2 Å². The Bertz CT molecular complexity index is 1840. The number of nitrogen functional groups attached to an aromatic ring is 1. The number of thioether (sulfide) groups is 1. The van der Waals surface area contributed by atoms with Gasteiger partial charge in [-0.15, -0.1) is 4.52 Å². The molecule has 7 rings (SSSR count). The molecule has 2 saturated heterocycles. The van der Waals surface area contributed by atoms with Gasteiger partial charge in [0.25, 0.3) is 11.3 Å². The molecule has 22 nitrogen and oxygen atoms in total. The number of carbonyl (C=O) groups is 1.